The van der Waals surface area contributed by atoms with Gasteiger partial charge < -0.3 is 11.1 Å². The number of benzene rings is 1. The van der Waals surface area contributed by atoms with E-state index in [4.69, 9.17) is 5.73 Å². The lowest BCUT2D eigenvalue weighted by atomic mass is 10.0. The van der Waals surface area contributed by atoms with Gasteiger partial charge in [-0.15, -0.1) is 0 Å². The van der Waals surface area contributed by atoms with Crippen LogP contribution in [-0.2, 0) is 6.18 Å². The zero-order valence-electron chi connectivity index (χ0n) is 9.65. The number of hydrogen-bond donors (Lipinski definition) is 2. The third kappa shape index (κ3) is 4.71. The van der Waals surface area contributed by atoms with Gasteiger partial charge in [-0.2, -0.15) is 13.2 Å². The minimum atomic E-state index is -4.71. The van der Waals surface area contributed by atoms with E-state index >= 15 is 0 Å². The van der Waals surface area contributed by atoms with E-state index < -0.39 is 36.6 Å². The average Bonchev–Trinajstić information content (AvgIpc) is 2.27. The first kappa shape index (κ1) is 15.8. The predicted molar refractivity (Wildman–Crippen MR) is 57.2 cm³/mol. The van der Waals surface area contributed by atoms with Gasteiger partial charge in [0.15, 0.2) is 0 Å². The minimum Gasteiger partial charge on any atom is -0.329 e. The van der Waals surface area contributed by atoms with Crippen molar-refractivity contribution in [3.8, 4) is 0 Å². The van der Waals surface area contributed by atoms with Crippen molar-refractivity contribution >= 4 is 0 Å². The normalized spacial score (nSPS) is 13.9. The van der Waals surface area contributed by atoms with Crippen LogP contribution >= 0.6 is 0 Å². The zero-order valence-corrected chi connectivity index (χ0v) is 9.65. The van der Waals surface area contributed by atoms with Crippen molar-refractivity contribution in [3.63, 3.8) is 0 Å². The fourth-order valence-corrected chi connectivity index (χ4v) is 1.55. The molecule has 1 unspecified atom stereocenters. The van der Waals surface area contributed by atoms with Crippen molar-refractivity contribution in [2.75, 3.05) is 13.1 Å². The molecule has 2 nitrogen and oxygen atoms in total. The van der Waals surface area contributed by atoms with Crippen molar-refractivity contribution in [2.24, 2.45) is 5.73 Å². The third-order valence-electron chi connectivity index (χ3n) is 2.40. The number of nitrogens with two attached hydrogens (primary N) is 1. The van der Waals surface area contributed by atoms with Gasteiger partial charge >= 0.3 is 6.18 Å². The summed E-state index contributed by atoms with van der Waals surface area (Å²) < 4.78 is 74.7. The highest BCUT2D eigenvalue weighted by Gasteiger charge is 2.32. The number of nitrogens with one attached hydrogen (secondary N) is 1. The summed E-state index contributed by atoms with van der Waals surface area (Å²) in [5.41, 5.74) is 3.99. The van der Waals surface area contributed by atoms with E-state index in [0.717, 1.165) is 6.07 Å². The third-order valence-corrected chi connectivity index (χ3v) is 2.40. The number of rotatable bonds is 5. The molecule has 0 saturated heterocycles. The van der Waals surface area contributed by atoms with E-state index in [0.29, 0.717) is 12.1 Å². The molecule has 1 atom stereocenters. The van der Waals surface area contributed by atoms with Crippen LogP contribution in [0.1, 0.15) is 17.2 Å². The molecule has 1 aromatic rings. The molecule has 0 fully saturated rings. The number of halogens is 6. The van der Waals surface area contributed by atoms with Crippen LogP contribution in [0, 0.1) is 5.82 Å². The molecule has 0 aliphatic heterocycles. The molecule has 108 valence electrons. The van der Waals surface area contributed by atoms with Gasteiger partial charge in [0, 0.05) is 12.6 Å². The second kappa shape index (κ2) is 6.25. The molecular formula is C11H12F6N2. The standard InChI is InChI=1S/C11H12F6N2/c12-8-2-6(1-7(3-8)11(15,16)17)9(4-18)19-5-10(13)14/h1-3,9-10,19H,4-5,18H2. The van der Waals surface area contributed by atoms with Crippen LogP contribution in [0.5, 0.6) is 0 Å². The molecule has 0 aliphatic carbocycles. The van der Waals surface area contributed by atoms with Gasteiger partial charge in [0.1, 0.15) is 5.82 Å². The highest BCUT2D eigenvalue weighted by molar-refractivity contribution is 5.29. The zero-order chi connectivity index (χ0) is 14.6. The second-order valence-electron chi connectivity index (χ2n) is 3.86. The molecule has 0 aromatic heterocycles. The van der Waals surface area contributed by atoms with Crippen molar-refractivity contribution in [2.45, 2.75) is 18.6 Å². The van der Waals surface area contributed by atoms with Crippen LogP contribution in [0.3, 0.4) is 0 Å². The van der Waals surface area contributed by atoms with E-state index in [1.165, 1.54) is 0 Å². The van der Waals surface area contributed by atoms with E-state index in [2.05, 4.69) is 5.32 Å². The molecule has 0 saturated carbocycles. The summed E-state index contributed by atoms with van der Waals surface area (Å²) in [4.78, 5) is 0. The summed E-state index contributed by atoms with van der Waals surface area (Å²) in [5, 5.41) is 2.28. The SMILES string of the molecule is NCC(NCC(F)F)c1cc(F)cc(C(F)(F)F)c1. The maximum atomic E-state index is 13.1. The van der Waals surface area contributed by atoms with Crippen LogP contribution in [0.25, 0.3) is 0 Å². The van der Waals surface area contributed by atoms with Crippen molar-refractivity contribution in [1.29, 1.82) is 0 Å². The Morgan fingerprint density at radius 1 is 1.16 bits per heavy atom. The molecule has 0 amide bonds. The fraction of sp³-hybridized carbons (Fsp3) is 0.455. The van der Waals surface area contributed by atoms with Crippen LogP contribution < -0.4 is 11.1 Å². The predicted octanol–water partition coefficient (Wildman–Crippen LogP) is 2.70. The molecule has 0 spiro atoms. The summed E-state index contributed by atoms with van der Waals surface area (Å²) in [7, 11) is 0. The van der Waals surface area contributed by atoms with Crippen molar-refractivity contribution in [3.05, 3.63) is 35.1 Å². The molecule has 0 heterocycles. The van der Waals surface area contributed by atoms with E-state index in [1.54, 1.807) is 0 Å². The number of alkyl halides is 5. The van der Waals surface area contributed by atoms with Crippen LogP contribution in [0.2, 0.25) is 0 Å². The maximum absolute atomic E-state index is 13.1. The Morgan fingerprint density at radius 2 is 1.79 bits per heavy atom. The highest BCUT2D eigenvalue weighted by Crippen LogP contribution is 2.31. The summed E-state index contributed by atoms with van der Waals surface area (Å²) in [5.74, 6) is -1.10. The van der Waals surface area contributed by atoms with Crippen LogP contribution in [0.4, 0.5) is 26.3 Å². The van der Waals surface area contributed by atoms with Crippen molar-refractivity contribution in [1.82, 2.24) is 5.32 Å². The Balaban J connectivity index is 3.00. The topological polar surface area (TPSA) is 38.0 Å². The molecule has 0 aliphatic rings. The fourth-order valence-electron chi connectivity index (χ4n) is 1.55. The first-order chi connectivity index (χ1) is 8.74. The van der Waals surface area contributed by atoms with E-state index in [-0.39, 0.29) is 12.1 Å². The van der Waals surface area contributed by atoms with E-state index in [1.807, 2.05) is 0 Å². The van der Waals surface area contributed by atoms with Gasteiger partial charge in [0.2, 0.25) is 0 Å². The molecule has 0 bridgehead atoms. The van der Waals surface area contributed by atoms with Crippen molar-refractivity contribution < 1.29 is 26.3 Å². The summed E-state index contributed by atoms with van der Waals surface area (Å²) in [6.07, 6.45) is -7.39. The first-order valence-corrected chi connectivity index (χ1v) is 5.33. The Labute approximate surface area is 105 Å². The number of hydrogen-bond acceptors (Lipinski definition) is 2. The Morgan fingerprint density at radius 3 is 2.26 bits per heavy atom. The Kier molecular flexibility index (Phi) is 5.19. The first-order valence-electron chi connectivity index (χ1n) is 5.33. The van der Waals surface area contributed by atoms with Gasteiger partial charge in [0.05, 0.1) is 12.1 Å². The lowest BCUT2D eigenvalue weighted by molar-refractivity contribution is -0.137. The smallest absolute Gasteiger partial charge is 0.329 e. The molecule has 0 radical (unpaired) electrons. The van der Waals surface area contributed by atoms with E-state index in [9.17, 15) is 26.3 Å². The monoisotopic (exact) mass is 286 g/mol. The highest BCUT2D eigenvalue weighted by atomic mass is 19.4. The molecule has 3 N–H and O–H groups in total. The quantitative estimate of drug-likeness (QED) is 0.817. The summed E-state index contributed by atoms with van der Waals surface area (Å²) in [6, 6.07) is 0.903. The minimum absolute atomic E-state index is 0.115. The molecule has 1 rings (SSSR count). The average molecular weight is 286 g/mol. The maximum Gasteiger partial charge on any atom is 0.416 e. The lowest BCUT2D eigenvalue weighted by Crippen LogP contribution is -2.32. The summed E-state index contributed by atoms with van der Waals surface area (Å²) >= 11 is 0. The van der Waals surface area contributed by atoms with Gasteiger partial charge in [0.25, 0.3) is 6.43 Å². The van der Waals surface area contributed by atoms with Gasteiger partial charge in [-0.25, -0.2) is 13.2 Å². The summed E-state index contributed by atoms with van der Waals surface area (Å²) in [6.45, 7) is -0.965. The molecule has 8 heteroatoms. The van der Waals surface area contributed by atoms with Crippen LogP contribution in [0.15, 0.2) is 18.2 Å². The molecule has 1 aromatic carbocycles. The second-order valence-corrected chi connectivity index (χ2v) is 3.86. The largest absolute Gasteiger partial charge is 0.416 e. The lowest BCUT2D eigenvalue weighted by Gasteiger charge is -2.18. The van der Waals surface area contributed by atoms with Gasteiger partial charge in [-0.1, -0.05) is 0 Å². The Bertz CT molecular complexity index is 418. The molecular weight excluding hydrogens is 274 g/mol. The van der Waals surface area contributed by atoms with Gasteiger partial charge in [-0.3, -0.25) is 0 Å². The van der Waals surface area contributed by atoms with Crippen LogP contribution in [-0.4, -0.2) is 19.5 Å². The molecule has 19 heavy (non-hydrogen) atoms. The Hall–Kier alpha value is -1.28. The van der Waals surface area contributed by atoms with Gasteiger partial charge in [-0.05, 0) is 23.8 Å².